The Labute approximate surface area is 119 Å². The number of ether oxygens (including phenoxy) is 2. The van der Waals surface area contributed by atoms with E-state index >= 15 is 0 Å². The molecule has 1 aromatic rings. The van der Waals surface area contributed by atoms with Crippen molar-refractivity contribution in [3.05, 3.63) is 35.4 Å². The predicted octanol–water partition coefficient (Wildman–Crippen LogP) is 3.16. The molecule has 1 saturated heterocycles. The average Bonchev–Trinajstić information content (AvgIpc) is 2.46. The first-order chi connectivity index (χ1) is 9.16. The molecule has 0 unspecified atom stereocenters. The summed E-state index contributed by atoms with van der Waals surface area (Å²) >= 11 is 4.71. The van der Waals surface area contributed by atoms with E-state index in [4.69, 9.17) is 26.8 Å². The normalized spacial score (nSPS) is 18.2. The molecule has 0 spiro atoms. The van der Waals surface area contributed by atoms with E-state index in [9.17, 15) is 0 Å². The van der Waals surface area contributed by atoms with Gasteiger partial charge in [-0.2, -0.15) is 0 Å². The summed E-state index contributed by atoms with van der Waals surface area (Å²) in [5, 5.41) is 9.19. The smallest absolute Gasteiger partial charge is 0.156 e. The number of aliphatic hydroxyl groups excluding tert-OH is 1. The lowest BCUT2D eigenvalue weighted by Gasteiger charge is -2.36. The Morgan fingerprint density at radius 3 is 2.79 bits per heavy atom. The minimum Gasteiger partial charge on any atom is -0.502 e. The number of thiocarbonyl (C=S) groups is 1. The van der Waals surface area contributed by atoms with Gasteiger partial charge in [0.15, 0.2) is 5.05 Å². The lowest BCUT2D eigenvalue weighted by atomic mass is 9.85. The molecule has 1 aliphatic heterocycles. The highest BCUT2D eigenvalue weighted by Gasteiger charge is 2.34. The molecular formula is C15H20O3S. The predicted molar refractivity (Wildman–Crippen MR) is 78.7 cm³/mol. The van der Waals surface area contributed by atoms with Gasteiger partial charge in [-0.3, -0.25) is 0 Å². The number of methoxy groups -OCH3 is 1. The molecule has 0 atom stereocenters. The van der Waals surface area contributed by atoms with Crippen molar-refractivity contribution in [3.8, 4) is 0 Å². The van der Waals surface area contributed by atoms with Crippen LogP contribution in [0.15, 0.2) is 24.3 Å². The van der Waals surface area contributed by atoms with Gasteiger partial charge in [-0.05, 0) is 29.8 Å². The van der Waals surface area contributed by atoms with Crippen LogP contribution in [0.1, 0.15) is 30.4 Å². The second kappa shape index (κ2) is 6.46. The Bertz CT molecular complexity index is 439. The van der Waals surface area contributed by atoms with E-state index in [1.165, 1.54) is 11.1 Å². The molecule has 0 saturated carbocycles. The summed E-state index contributed by atoms with van der Waals surface area (Å²) in [6.07, 6.45) is 3.05. The molecule has 1 aliphatic rings. The fourth-order valence-corrected chi connectivity index (χ4v) is 2.68. The second-order valence-electron chi connectivity index (χ2n) is 4.90. The lowest BCUT2D eigenvalue weighted by molar-refractivity contribution is -0.0948. The van der Waals surface area contributed by atoms with Crippen LogP contribution >= 0.6 is 12.2 Å². The molecule has 3 nitrogen and oxygen atoms in total. The van der Waals surface area contributed by atoms with Crippen LogP contribution in [-0.2, 0) is 21.5 Å². The van der Waals surface area contributed by atoms with Gasteiger partial charge in [-0.25, -0.2) is 0 Å². The largest absolute Gasteiger partial charge is 0.502 e. The van der Waals surface area contributed by atoms with Crippen LogP contribution < -0.4 is 0 Å². The Morgan fingerprint density at radius 1 is 1.42 bits per heavy atom. The summed E-state index contributed by atoms with van der Waals surface area (Å²) in [4.78, 5) is 0. The zero-order valence-electron chi connectivity index (χ0n) is 11.2. The van der Waals surface area contributed by atoms with Gasteiger partial charge in [-0.1, -0.05) is 24.3 Å². The van der Waals surface area contributed by atoms with Gasteiger partial charge in [0.05, 0.1) is 5.60 Å². The minimum absolute atomic E-state index is 0.0675. The van der Waals surface area contributed by atoms with E-state index in [1.54, 1.807) is 7.11 Å². The maximum absolute atomic E-state index is 9.12. The van der Waals surface area contributed by atoms with Crippen molar-refractivity contribution < 1.29 is 14.6 Å². The van der Waals surface area contributed by atoms with Crippen LogP contribution in [0, 0.1) is 0 Å². The van der Waals surface area contributed by atoms with E-state index in [2.05, 4.69) is 18.2 Å². The van der Waals surface area contributed by atoms with Crippen molar-refractivity contribution >= 4 is 17.3 Å². The monoisotopic (exact) mass is 280 g/mol. The van der Waals surface area contributed by atoms with E-state index in [1.807, 2.05) is 6.07 Å². The van der Waals surface area contributed by atoms with Gasteiger partial charge in [0, 0.05) is 39.6 Å². The highest BCUT2D eigenvalue weighted by Crippen LogP contribution is 2.35. The van der Waals surface area contributed by atoms with Crippen molar-refractivity contribution in [1.82, 2.24) is 0 Å². The first-order valence-corrected chi connectivity index (χ1v) is 7.01. The van der Waals surface area contributed by atoms with Gasteiger partial charge in [0.25, 0.3) is 0 Å². The third kappa shape index (κ3) is 3.53. The van der Waals surface area contributed by atoms with Crippen molar-refractivity contribution in [1.29, 1.82) is 0 Å². The molecule has 0 aromatic heterocycles. The highest BCUT2D eigenvalue weighted by molar-refractivity contribution is 7.80. The molecule has 4 heteroatoms. The molecule has 0 aliphatic carbocycles. The molecule has 2 rings (SSSR count). The quantitative estimate of drug-likeness (QED) is 0.841. The van der Waals surface area contributed by atoms with Crippen LogP contribution in [0.3, 0.4) is 0 Å². The topological polar surface area (TPSA) is 38.7 Å². The number of benzene rings is 1. The second-order valence-corrected chi connectivity index (χ2v) is 5.38. The summed E-state index contributed by atoms with van der Waals surface area (Å²) in [7, 11) is 1.76. The van der Waals surface area contributed by atoms with Crippen LogP contribution in [0.2, 0.25) is 0 Å². The zero-order valence-corrected chi connectivity index (χ0v) is 12.0. The van der Waals surface area contributed by atoms with Gasteiger partial charge >= 0.3 is 0 Å². The zero-order chi connectivity index (χ0) is 13.7. The van der Waals surface area contributed by atoms with Gasteiger partial charge < -0.3 is 14.6 Å². The number of aryl methyl sites for hydroxylation is 1. The summed E-state index contributed by atoms with van der Waals surface area (Å²) in [5.74, 6) is 0. The summed E-state index contributed by atoms with van der Waals surface area (Å²) in [5.41, 5.74) is 2.14. The average molecular weight is 280 g/mol. The molecular weight excluding hydrogens is 260 g/mol. The SMILES string of the molecule is COC1(c2cccc(CCC(O)=S)c2)CCOCC1. The van der Waals surface area contributed by atoms with Crippen molar-refractivity contribution in [2.24, 2.45) is 0 Å². The van der Waals surface area contributed by atoms with E-state index in [-0.39, 0.29) is 10.7 Å². The standard InChI is InChI=1S/C15H20O3S/c1-17-15(7-9-18-10-8-15)13-4-2-3-12(11-13)5-6-14(16)19/h2-4,11H,5-10H2,1H3,(H,16,19). The minimum atomic E-state index is -0.228. The van der Waals surface area contributed by atoms with Crippen LogP contribution in [-0.4, -0.2) is 30.5 Å². The lowest BCUT2D eigenvalue weighted by Crippen LogP contribution is -2.35. The van der Waals surface area contributed by atoms with Crippen LogP contribution in [0.25, 0.3) is 0 Å². The Balaban J connectivity index is 2.18. The molecule has 104 valence electrons. The molecule has 0 bridgehead atoms. The first kappa shape index (κ1) is 14.4. The van der Waals surface area contributed by atoms with Crippen molar-refractivity contribution in [2.45, 2.75) is 31.3 Å². The van der Waals surface area contributed by atoms with E-state index < -0.39 is 0 Å². The number of hydrogen-bond acceptors (Lipinski definition) is 3. The van der Waals surface area contributed by atoms with Crippen molar-refractivity contribution in [2.75, 3.05) is 20.3 Å². The maximum Gasteiger partial charge on any atom is 0.156 e. The third-order valence-electron chi connectivity index (χ3n) is 3.77. The summed E-state index contributed by atoms with van der Waals surface area (Å²) in [6, 6.07) is 8.37. The number of hydrogen-bond donors (Lipinski definition) is 1. The van der Waals surface area contributed by atoms with E-state index in [0.717, 1.165) is 32.5 Å². The van der Waals surface area contributed by atoms with Gasteiger partial charge in [0.2, 0.25) is 0 Å². The molecule has 1 heterocycles. The molecule has 1 aromatic carbocycles. The fraction of sp³-hybridized carbons (Fsp3) is 0.533. The van der Waals surface area contributed by atoms with Crippen LogP contribution in [0.4, 0.5) is 0 Å². The van der Waals surface area contributed by atoms with Crippen molar-refractivity contribution in [3.63, 3.8) is 0 Å². The van der Waals surface area contributed by atoms with Gasteiger partial charge in [0.1, 0.15) is 0 Å². The Hall–Kier alpha value is -0.970. The Morgan fingerprint density at radius 2 is 2.16 bits per heavy atom. The molecule has 0 radical (unpaired) electrons. The first-order valence-electron chi connectivity index (χ1n) is 6.60. The number of aliphatic hydroxyl groups is 1. The summed E-state index contributed by atoms with van der Waals surface area (Å²) < 4.78 is 11.2. The number of rotatable bonds is 5. The fourth-order valence-electron chi connectivity index (χ4n) is 2.57. The van der Waals surface area contributed by atoms with E-state index in [0.29, 0.717) is 6.42 Å². The molecule has 0 amide bonds. The molecule has 1 N–H and O–H groups in total. The maximum atomic E-state index is 9.12. The van der Waals surface area contributed by atoms with Crippen LogP contribution in [0.5, 0.6) is 0 Å². The van der Waals surface area contributed by atoms with Gasteiger partial charge in [-0.15, -0.1) is 0 Å². The molecule has 1 fully saturated rings. The Kier molecular flexibility index (Phi) is 4.91. The molecule has 19 heavy (non-hydrogen) atoms. The summed E-state index contributed by atoms with van der Waals surface area (Å²) in [6.45, 7) is 1.47. The third-order valence-corrected chi connectivity index (χ3v) is 3.98. The highest BCUT2D eigenvalue weighted by atomic mass is 32.1.